The third-order valence-electron chi connectivity index (χ3n) is 4.16. The number of nitrogens with one attached hydrogen (secondary N) is 1. The summed E-state index contributed by atoms with van der Waals surface area (Å²) in [5.74, 6) is -0.298. The van der Waals surface area contributed by atoms with E-state index in [2.05, 4.69) is 15.5 Å². The van der Waals surface area contributed by atoms with Gasteiger partial charge in [-0.05, 0) is 30.7 Å². The van der Waals surface area contributed by atoms with E-state index in [-0.39, 0.29) is 10.8 Å². The Morgan fingerprint density at radius 1 is 1.15 bits per heavy atom. The van der Waals surface area contributed by atoms with Crippen LogP contribution in [0.5, 0.6) is 0 Å². The van der Waals surface area contributed by atoms with Gasteiger partial charge >= 0.3 is 0 Å². The summed E-state index contributed by atoms with van der Waals surface area (Å²) in [7, 11) is -3.89. The summed E-state index contributed by atoms with van der Waals surface area (Å²) in [6.07, 6.45) is 0. The number of hydrogen-bond donors (Lipinski definition) is 2. The second-order valence-corrected chi connectivity index (χ2v) is 8.72. The largest absolute Gasteiger partial charge is 0.322 e. The van der Waals surface area contributed by atoms with Gasteiger partial charge in [0.05, 0.1) is 16.3 Å². The van der Waals surface area contributed by atoms with Gasteiger partial charge in [0.2, 0.25) is 15.2 Å². The summed E-state index contributed by atoms with van der Waals surface area (Å²) < 4.78 is 23.3. The van der Waals surface area contributed by atoms with E-state index in [1.54, 1.807) is 11.0 Å². The fourth-order valence-electron chi connectivity index (χ4n) is 2.99. The molecule has 1 aromatic heterocycles. The molecule has 0 fully saturated rings. The van der Waals surface area contributed by atoms with Crippen molar-refractivity contribution in [1.82, 2.24) is 10.2 Å². The fourth-order valence-corrected chi connectivity index (χ4v) is 4.26. The number of primary sulfonamides is 1. The molecule has 1 amide bonds. The SMILES string of the molecule is Cc1nnc(N2c3ccc(S(N)(=O)=O)cc3NC(=O)C2c2ccccc2)s1. The zero-order valence-corrected chi connectivity index (χ0v) is 15.8. The normalized spacial score (nSPS) is 16.7. The van der Waals surface area contributed by atoms with Crippen LogP contribution >= 0.6 is 11.3 Å². The molecular formula is C17H15N5O3S2. The maximum atomic E-state index is 12.9. The molecule has 1 atom stereocenters. The Bertz CT molecular complexity index is 1130. The average Bonchev–Trinajstić information content (AvgIpc) is 3.06. The molecule has 4 rings (SSSR count). The van der Waals surface area contributed by atoms with Crippen molar-refractivity contribution in [2.24, 2.45) is 5.14 Å². The number of aromatic nitrogens is 2. The summed E-state index contributed by atoms with van der Waals surface area (Å²) in [6.45, 7) is 1.83. The van der Waals surface area contributed by atoms with Crippen molar-refractivity contribution in [3.63, 3.8) is 0 Å². The summed E-state index contributed by atoms with van der Waals surface area (Å²) >= 11 is 1.35. The predicted molar refractivity (Wildman–Crippen MR) is 102 cm³/mol. The van der Waals surface area contributed by atoms with E-state index in [0.29, 0.717) is 16.5 Å². The molecular weight excluding hydrogens is 386 g/mol. The van der Waals surface area contributed by atoms with E-state index < -0.39 is 16.1 Å². The third kappa shape index (κ3) is 3.18. The first-order valence-electron chi connectivity index (χ1n) is 7.96. The third-order valence-corrected chi connectivity index (χ3v) is 5.91. The second-order valence-electron chi connectivity index (χ2n) is 6.00. The van der Waals surface area contributed by atoms with Crippen LogP contribution in [0.25, 0.3) is 0 Å². The monoisotopic (exact) mass is 401 g/mol. The maximum Gasteiger partial charge on any atom is 0.252 e. The molecule has 138 valence electrons. The number of sulfonamides is 1. The molecule has 2 aromatic carbocycles. The quantitative estimate of drug-likeness (QED) is 0.695. The number of aryl methyl sites for hydroxylation is 1. The molecule has 3 N–H and O–H groups in total. The molecule has 2 heterocycles. The number of carbonyl (C=O) groups excluding carboxylic acids is 1. The lowest BCUT2D eigenvalue weighted by atomic mass is 10.0. The van der Waals surface area contributed by atoms with Crippen molar-refractivity contribution in [3.05, 3.63) is 59.1 Å². The Hall–Kier alpha value is -2.82. The highest BCUT2D eigenvalue weighted by Gasteiger charge is 2.37. The molecule has 0 radical (unpaired) electrons. The summed E-state index contributed by atoms with van der Waals surface area (Å²) in [6, 6.07) is 13.0. The number of rotatable bonds is 3. The minimum Gasteiger partial charge on any atom is -0.322 e. The van der Waals surface area contributed by atoms with E-state index in [0.717, 1.165) is 10.6 Å². The highest BCUT2D eigenvalue weighted by atomic mass is 32.2. The van der Waals surface area contributed by atoms with Crippen LogP contribution in [0.3, 0.4) is 0 Å². The number of carbonyl (C=O) groups is 1. The van der Waals surface area contributed by atoms with Gasteiger partial charge in [-0.1, -0.05) is 41.7 Å². The van der Waals surface area contributed by atoms with Crippen LogP contribution in [0, 0.1) is 6.92 Å². The number of benzene rings is 2. The Kier molecular flexibility index (Phi) is 4.17. The minimum absolute atomic E-state index is 0.0758. The van der Waals surface area contributed by atoms with E-state index in [4.69, 9.17) is 5.14 Å². The molecule has 0 saturated carbocycles. The van der Waals surface area contributed by atoms with Crippen molar-refractivity contribution < 1.29 is 13.2 Å². The lowest BCUT2D eigenvalue weighted by Gasteiger charge is -2.36. The Morgan fingerprint density at radius 3 is 2.52 bits per heavy atom. The predicted octanol–water partition coefficient (Wildman–Crippen LogP) is 2.33. The minimum atomic E-state index is -3.89. The maximum absolute atomic E-state index is 12.9. The van der Waals surface area contributed by atoms with Gasteiger partial charge in [0, 0.05) is 0 Å². The Labute approximate surface area is 159 Å². The highest BCUT2D eigenvalue weighted by Crippen LogP contribution is 2.44. The number of nitrogens with two attached hydrogens (primary N) is 1. The molecule has 10 heteroatoms. The molecule has 0 bridgehead atoms. The zero-order chi connectivity index (χ0) is 19.2. The smallest absolute Gasteiger partial charge is 0.252 e. The van der Waals surface area contributed by atoms with Gasteiger partial charge in [-0.25, -0.2) is 13.6 Å². The van der Waals surface area contributed by atoms with Crippen molar-refractivity contribution in [2.45, 2.75) is 17.9 Å². The second kappa shape index (κ2) is 6.41. The van der Waals surface area contributed by atoms with E-state index in [9.17, 15) is 13.2 Å². The van der Waals surface area contributed by atoms with Gasteiger partial charge in [-0.2, -0.15) is 0 Å². The number of nitrogens with zero attached hydrogens (tertiary/aromatic N) is 3. The standard InChI is InChI=1S/C17H15N5O3S2/c1-10-20-21-17(26-10)22-14-8-7-12(27(18,24)25)9-13(14)19-16(23)15(22)11-5-3-2-4-6-11/h2-9,15H,1H3,(H,19,23)(H2,18,24,25). The number of hydrogen-bond acceptors (Lipinski definition) is 7. The zero-order valence-electron chi connectivity index (χ0n) is 14.2. The average molecular weight is 401 g/mol. The first-order chi connectivity index (χ1) is 12.8. The van der Waals surface area contributed by atoms with Crippen LogP contribution in [0.15, 0.2) is 53.4 Å². The van der Waals surface area contributed by atoms with Gasteiger partial charge in [0.15, 0.2) is 0 Å². The topological polar surface area (TPSA) is 118 Å². The highest BCUT2D eigenvalue weighted by molar-refractivity contribution is 7.89. The number of anilines is 3. The van der Waals surface area contributed by atoms with Crippen LogP contribution in [0.2, 0.25) is 0 Å². The molecule has 8 nitrogen and oxygen atoms in total. The van der Waals surface area contributed by atoms with Crippen LogP contribution in [0.1, 0.15) is 16.6 Å². The summed E-state index contributed by atoms with van der Waals surface area (Å²) in [5, 5.41) is 17.5. The van der Waals surface area contributed by atoms with Crippen molar-refractivity contribution in [1.29, 1.82) is 0 Å². The van der Waals surface area contributed by atoms with E-state index in [1.165, 1.54) is 23.5 Å². The van der Waals surface area contributed by atoms with Gasteiger partial charge < -0.3 is 5.32 Å². The van der Waals surface area contributed by atoms with Crippen LogP contribution in [0.4, 0.5) is 16.5 Å². The summed E-state index contributed by atoms with van der Waals surface area (Å²) in [4.78, 5) is 14.6. The van der Waals surface area contributed by atoms with Gasteiger partial charge in [0.1, 0.15) is 11.0 Å². The van der Waals surface area contributed by atoms with E-state index in [1.807, 2.05) is 37.3 Å². The molecule has 0 aliphatic carbocycles. The van der Waals surface area contributed by atoms with Crippen molar-refractivity contribution in [3.8, 4) is 0 Å². The van der Waals surface area contributed by atoms with Crippen LogP contribution in [-0.2, 0) is 14.8 Å². The van der Waals surface area contributed by atoms with Gasteiger partial charge in [0.25, 0.3) is 5.91 Å². The Morgan fingerprint density at radius 2 is 1.89 bits per heavy atom. The lowest BCUT2D eigenvalue weighted by molar-refractivity contribution is -0.117. The molecule has 1 aliphatic rings. The van der Waals surface area contributed by atoms with Gasteiger partial charge in [-0.3, -0.25) is 9.69 Å². The summed E-state index contributed by atoms with van der Waals surface area (Å²) in [5.41, 5.74) is 1.75. The number of fused-ring (bicyclic) bond motifs is 1. The lowest BCUT2D eigenvalue weighted by Crippen LogP contribution is -2.39. The fraction of sp³-hybridized carbons (Fsp3) is 0.118. The molecule has 27 heavy (non-hydrogen) atoms. The molecule has 0 saturated heterocycles. The molecule has 0 spiro atoms. The van der Waals surface area contributed by atoms with Crippen LogP contribution < -0.4 is 15.4 Å². The van der Waals surface area contributed by atoms with Crippen LogP contribution in [-0.4, -0.2) is 24.5 Å². The Balaban J connectivity index is 1.92. The van der Waals surface area contributed by atoms with Gasteiger partial charge in [-0.15, -0.1) is 10.2 Å². The first kappa shape index (κ1) is 17.6. The van der Waals surface area contributed by atoms with Crippen molar-refractivity contribution in [2.75, 3.05) is 10.2 Å². The number of amides is 1. The first-order valence-corrected chi connectivity index (χ1v) is 10.3. The molecule has 1 aliphatic heterocycles. The van der Waals surface area contributed by atoms with E-state index >= 15 is 0 Å². The van der Waals surface area contributed by atoms with Crippen molar-refractivity contribution >= 4 is 43.8 Å². The molecule has 1 unspecified atom stereocenters. The molecule has 3 aromatic rings.